The normalized spacial score (nSPS) is 22.5. The standard InChI is InChI=1S/C18H26N4O4S2/c1-4-13-21(14-27-15-9-6-5-7-10-15)18(28(19,25)26)12-8-11-16(22(23)24)17(18)20(2)3/h5-12,17H,4,13-14H2,1-3H3,(H2,19,25,26). The minimum atomic E-state index is -4.24. The molecule has 2 atom stereocenters. The Morgan fingerprint density at radius 3 is 2.43 bits per heavy atom. The number of likely N-dealkylation sites (N-methyl/N-ethyl adjacent to an activating group) is 1. The largest absolute Gasteiger partial charge is 0.294 e. The van der Waals surface area contributed by atoms with Crippen LogP contribution in [-0.4, -0.2) is 60.6 Å². The molecule has 0 saturated heterocycles. The van der Waals surface area contributed by atoms with Gasteiger partial charge < -0.3 is 0 Å². The lowest BCUT2D eigenvalue weighted by molar-refractivity contribution is -0.434. The molecule has 0 spiro atoms. The van der Waals surface area contributed by atoms with E-state index in [-0.39, 0.29) is 5.70 Å². The van der Waals surface area contributed by atoms with Crippen LogP contribution in [0.4, 0.5) is 0 Å². The number of benzene rings is 1. The number of hydrogen-bond acceptors (Lipinski definition) is 7. The summed E-state index contributed by atoms with van der Waals surface area (Å²) in [4.78, 5) is 13.6. The minimum absolute atomic E-state index is 0.202. The van der Waals surface area contributed by atoms with Crippen molar-refractivity contribution in [2.45, 2.75) is 29.2 Å². The Balaban J connectivity index is 2.55. The molecule has 0 fully saturated rings. The van der Waals surface area contributed by atoms with E-state index in [1.807, 2.05) is 37.3 Å². The quantitative estimate of drug-likeness (QED) is 0.279. The van der Waals surface area contributed by atoms with Gasteiger partial charge >= 0.3 is 0 Å². The van der Waals surface area contributed by atoms with Crippen molar-refractivity contribution in [1.29, 1.82) is 0 Å². The molecule has 0 radical (unpaired) electrons. The number of sulfonamides is 1. The van der Waals surface area contributed by atoms with Gasteiger partial charge in [0.1, 0.15) is 6.04 Å². The molecule has 28 heavy (non-hydrogen) atoms. The number of allylic oxidation sites excluding steroid dienone is 2. The maximum Gasteiger partial charge on any atom is 0.266 e. The zero-order valence-corrected chi connectivity index (χ0v) is 17.8. The fourth-order valence-electron chi connectivity index (χ4n) is 3.46. The smallest absolute Gasteiger partial charge is 0.266 e. The second kappa shape index (κ2) is 9.19. The van der Waals surface area contributed by atoms with Crippen LogP contribution in [0.25, 0.3) is 0 Å². The van der Waals surface area contributed by atoms with Crippen LogP contribution in [0.15, 0.2) is 59.2 Å². The van der Waals surface area contributed by atoms with Gasteiger partial charge in [0.05, 0.1) is 10.8 Å². The summed E-state index contributed by atoms with van der Waals surface area (Å²) in [5, 5.41) is 17.4. The summed E-state index contributed by atoms with van der Waals surface area (Å²) in [6.45, 7) is 2.34. The summed E-state index contributed by atoms with van der Waals surface area (Å²) < 4.78 is 25.8. The summed E-state index contributed by atoms with van der Waals surface area (Å²) in [6, 6.07) is 8.52. The minimum Gasteiger partial charge on any atom is -0.294 e. The van der Waals surface area contributed by atoms with Crippen molar-refractivity contribution >= 4 is 21.8 Å². The third-order valence-corrected chi connectivity index (χ3v) is 7.15. The zero-order valence-electron chi connectivity index (χ0n) is 16.2. The number of nitrogens with zero attached hydrogens (tertiary/aromatic N) is 3. The van der Waals surface area contributed by atoms with Gasteiger partial charge in [-0.15, -0.1) is 11.8 Å². The van der Waals surface area contributed by atoms with Crippen molar-refractivity contribution in [3.05, 3.63) is 64.4 Å². The lowest BCUT2D eigenvalue weighted by Crippen LogP contribution is -2.67. The van der Waals surface area contributed by atoms with Crippen molar-refractivity contribution in [3.8, 4) is 0 Å². The Morgan fingerprint density at radius 2 is 1.93 bits per heavy atom. The fraction of sp³-hybridized carbons (Fsp3) is 0.444. The number of thioether (sulfide) groups is 1. The molecule has 0 bridgehead atoms. The van der Waals surface area contributed by atoms with Gasteiger partial charge in [0, 0.05) is 17.5 Å². The third-order valence-electron chi connectivity index (χ3n) is 4.57. The monoisotopic (exact) mass is 426 g/mol. The van der Waals surface area contributed by atoms with Crippen molar-refractivity contribution in [2.75, 3.05) is 26.5 Å². The van der Waals surface area contributed by atoms with Crippen molar-refractivity contribution in [2.24, 2.45) is 5.14 Å². The van der Waals surface area contributed by atoms with Gasteiger partial charge in [-0.2, -0.15) is 0 Å². The van der Waals surface area contributed by atoms with E-state index >= 15 is 0 Å². The molecule has 154 valence electrons. The maximum atomic E-state index is 12.9. The van der Waals surface area contributed by atoms with E-state index in [4.69, 9.17) is 5.14 Å². The topological polar surface area (TPSA) is 110 Å². The molecule has 1 aromatic carbocycles. The van der Waals surface area contributed by atoms with E-state index in [1.54, 1.807) is 23.9 Å². The molecule has 0 aliphatic heterocycles. The van der Waals surface area contributed by atoms with E-state index in [9.17, 15) is 18.5 Å². The zero-order chi connectivity index (χ0) is 20.9. The summed E-state index contributed by atoms with van der Waals surface area (Å²) in [5.74, 6) is 0.313. The highest BCUT2D eigenvalue weighted by Gasteiger charge is 2.57. The van der Waals surface area contributed by atoms with Gasteiger partial charge in [-0.25, -0.2) is 13.6 Å². The van der Waals surface area contributed by atoms with Crippen LogP contribution >= 0.6 is 11.8 Å². The summed E-state index contributed by atoms with van der Waals surface area (Å²) in [5.41, 5.74) is -0.202. The van der Waals surface area contributed by atoms with E-state index in [2.05, 4.69) is 0 Å². The highest BCUT2D eigenvalue weighted by Crippen LogP contribution is 2.38. The SMILES string of the molecule is CCCN(CSc1ccccc1)C1(S(N)(=O)=O)C=CC=C([N+](=O)[O-])C1N(C)C. The Bertz CT molecular complexity index is 856. The molecular formula is C18H26N4O4S2. The van der Waals surface area contributed by atoms with Gasteiger partial charge in [-0.3, -0.25) is 19.9 Å². The molecule has 2 unspecified atom stereocenters. The molecule has 0 aromatic heterocycles. The molecule has 2 rings (SSSR count). The first kappa shape index (κ1) is 22.6. The van der Waals surface area contributed by atoms with E-state index in [0.29, 0.717) is 18.8 Å². The molecule has 10 heteroatoms. The highest BCUT2D eigenvalue weighted by molar-refractivity contribution is 7.99. The molecule has 0 saturated carbocycles. The van der Waals surface area contributed by atoms with Crippen LogP contribution in [0, 0.1) is 10.1 Å². The second-order valence-electron chi connectivity index (χ2n) is 6.72. The molecule has 1 aromatic rings. The number of primary sulfonamides is 1. The van der Waals surface area contributed by atoms with Crippen LogP contribution in [0.3, 0.4) is 0 Å². The highest BCUT2D eigenvalue weighted by atomic mass is 32.2. The maximum absolute atomic E-state index is 12.9. The van der Waals surface area contributed by atoms with Gasteiger partial charge in [0.15, 0.2) is 4.87 Å². The predicted octanol–water partition coefficient (Wildman–Crippen LogP) is 2.09. The first-order valence-corrected chi connectivity index (χ1v) is 11.3. The van der Waals surface area contributed by atoms with Gasteiger partial charge in [-0.1, -0.05) is 31.2 Å². The Morgan fingerprint density at radius 1 is 1.29 bits per heavy atom. The predicted molar refractivity (Wildman–Crippen MR) is 112 cm³/mol. The lowest BCUT2D eigenvalue weighted by Gasteiger charge is -2.46. The number of hydrogen-bond donors (Lipinski definition) is 1. The van der Waals surface area contributed by atoms with Crippen LogP contribution in [0.5, 0.6) is 0 Å². The average molecular weight is 427 g/mol. The molecule has 1 aliphatic carbocycles. The second-order valence-corrected chi connectivity index (χ2v) is 9.48. The van der Waals surface area contributed by atoms with Crippen LogP contribution in [0.2, 0.25) is 0 Å². The Kier molecular flexibility index (Phi) is 7.40. The van der Waals surface area contributed by atoms with Crippen LogP contribution in [-0.2, 0) is 10.0 Å². The average Bonchev–Trinajstić information content (AvgIpc) is 2.64. The van der Waals surface area contributed by atoms with E-state index in [1.165, 1.54) is 30.0 Å². The van der Waals surface area contributed by atoms with Crippen LogP contribution in [0.1, 0.15) is 13.3 Å². The Hall–Kier alpha value is -1.72. The molecule has 0 heterocycles. The molecule has 1 aliphatic rings. The summed E-state index contributed by atoms with van der Waals surface area (Å²) >= 11 is 1.46. The molecule has 2 N–H and O–H groups in total. The number of rotatable bonds is 9. The van der Waals surface area contributed by atoms with Gasteiger partial charge in [0.25, 0.3) is 5.70 Å². The third kappa shape index (κ3) is 4.47. The molecule has 8 nitrogen and oxygen atoms in total. The summed E-state index contributed by atoms with van der Waals surface area (Å²) in [6.07, 6.45) is 4.89. The lowest BCUT2D eigenvalue weighted by atomic mass is 9.96. The summed E-state index contributed by atoms with van der Waals surface area (Å²) in [7, 11) is -0.994. The van der Waals surface area contributed by atoms with E-state index < -0.39 is 25.9 Å². The molecule has 0 amide bonds. The van der Waals surface area contributed by atoms with Crippen molar-refractivity contribution in [3.63, 3.8) is 0 Å². The molecular weight excluding hydrogens is 400 g/mol. The first-order chi connectivity index (χ1) is 13.1. The van der Waals surface area contributed by atoms with Crippen molar-refractivity contribution in [1.82, 2.24) is 9.80 Å². The number of nitro groups is 1. The fourth-order valence-corrected chi connectivity index (χ4v) is 5.97. The van der Waals surface area contributed by atoms with Gasteiger partial charge in [0.2, 0.25) is 10.0 Å². The van der Waals surface area contributed by atoms with Gasteiger partial charge in [-0.05, 0) is 38.7 Å². The van der Waals surface area contributed by atoms with Crippen molar-refractivity contribution < 1.29 is 13.3 Å². The van der Waals surface area contributed by atoms with Crippen LogP contribution < -0.4 is 5.14 Å². The van der Waals surface area contributed by atoms with E-state index in [0.717, 1.165) is 4.90 Å². The first-order valence-electron chi connectivity index (χ1n) is 8.80. The number of nitrogens with two attached hydrogens (primary N) is 1. The Labute approximate surface area is 170 Å².